The van der Waals surface area contributed by atoms with Gasteiger partial charge < -0.3 is 16.2 Å². The zero-order valence-electron chi connectivity index (χ0n) is 8.30. The summed E-state index contributed by atoms with van der Waals surface area (Å²) in [6.07, 6.45) is 0. The largest absolute Gasteiger partial charge is 0.495 e. The minimum atomic E-state index is -4.56. The van der Waals surface area contributed by atoms with Crippen molar-refractivity contribution in [3.05, 3.63) is 17.7 Å². The number of hydrogen-bond acceptors (Lipinski definition) is 5. The van der Waals surface area contributed by atoms with Crippen molar-refractivity contribution in [2.24, 2.45) is 5.73 Å². The van der Waals surface area contributed by atoms with Gasteiger partial charge in [0.05, 0.1) is 18.4 Å². The van der Waals surface area contributed by atoms with Crippen LogP contribution in [-0.2, 0) is 10.1 Å². The molecule has 0 aliphatic heterocycles. The predicted octanol–water partition coefficient (Wildman–Crippen LogP) is -0.377. The predicted molar refractivity (Wildman–Crippen MR) is 55.7 cm³/mol. The SMILES string of the molecule is COc1cc(S(=O)(=O)O)c(C(N)=O)cc1N. The van der Waals surface area contributed by atoms with E-state index in [0.29, 0.717) is 0 Å². The van der Waals surface area contributed by atoms with Crippen molar-refractivity contribution in [1.82, 2.24) is 0 Å². The third kappa shape index (κ3) is 2.23. The van der Waals surface area contributed by atoms with Gasteiger partial charge in [0.1, 0.15) is 10.6 Å². The second-order valence-electron chi connectivity index (χ2n) is 2.93. The van der Waals surface area contributed by atoms with Crippen LogP contribution in [0.15, 0.2) is 17.0 Å². The number of benzene rings is 1. The lowest BCUT2D eigenvalue weighted by Gasteiger charge is -2.09. The fourth-order valence-electron chi connectivity index (χ4n) is 1.16. The molecule has 0 bridgehead atoms. The van der Waals surface area contributed by atoms with E-state index in [1.165, 1.54) is 7.11 Å². The molecule has 1 amide bonds. The van der Waals surface area contributed by atoms with Gasteiger partial charge in [0.15, 0.2) is 0 Å². The summed E-state index contributed by atoms with van der Waals surface area (Å²) < 4.78 is 35.6. The Bertz CT molecular complexity index is 538. The van der Waals surface area contributed by atoms with Crippen LogP contribution < -0.4 is 16.2 Å². The van der Waals surface area contributed by atoms with Crippen LogP contribution in [0.3, 0.4) is 0 Å². The quantitative estimate of drug-likeness (QED) is 0.492. The van der Waals surface area contributed by atoms with Crippen LogP contribution in [0.2, 0.25) is 0 Å². The minimum absolute atomic E-state index is 0.0256. The summed E-state index contributed by atoms with van der Waals surface area (Å²) in [7, 11) is -3.30. The van der Waals surface area contributed by atoms with E-state index >= 15 is 0 Å². The van der Waals surface area contributed by atoms with Gasteiger partial charge in [-0.05, 0) is 6.07 Å². The molecule has 0 saturated heterocycles. The number of anilines is 1. The highest BCUT2D eigenvalue weighted by Crippen LogP contribution is 2.28. The number of carbonyl (C=O) groups is 1. The van der Waals surface area contributed by atoms with Crippen molar-refractivity contribution < 1.29 is 22.5 Å². The zero-order valence-corrected chi connectivity index (χ0v) is 9.11. The Morgan fingerprint density at radius 2 is 2.00 bits per heavy atom. The van der Waals surface area contributed by atoms with Gasteiger partial charge in [0.25, 0.3) is 10.1 Å². The van der Waals surface area contributed by atoms with Crippen LogP contribution in [0.4, 0.5) is 5.69 Å². The Balaban J connectivity index is 3.62. The highest BCUT2D eigenvalue weighted by molar-refractivity contribution is 7.86. The molecule has 5 N–H and O–H groups in total. The molecule has 0 aliphatic carbocycles. The molecule has 7 nitrogen and oxygen atoms in total. The normalized spacial score (nSPS) is 11.1. The first-order chi connectivity index (χ1) is 7.27. The number of hydrogen-bond donors (Lipinski definition) is 3. The molecule has 1 rings (SSSR count). The van der Waals surface area contributed by atoms with Crippen LogP contribution in [0.1, 0.15) is 10.4 Å². The van der Waals surface area contributed by atoms with Gasteiger partial charge in [0, 0.05) is 6.07 Å². The molecule has 0 atom stereocenters. The molecule has 0 fully saturated rings. The first-order valence-electron chi connectivity index (χ1n) is 4.02. The lowest BCUT2D eigenvalue weighted by molar-refractivity contribution is 0.0997. The van der Waals surface area contributed by atoms with Crippen LogP contribution in [0, 0.1) is 0 Å². The summed E-state index contributed by atoms with van der Waals surface area (Å²) >= 11 is 0. The maximum absolute atomic E-state index is 11.0. The molecule has 0 aliphatic rings. The molecule has 0 saturated carbocycles. The lowest BCUT2D eigenvalue weighted by atomic mass is 10.2. The van der Waals surface area contributed by atoms with Crippen LogP contribution in [0.25, 0.3) is 0 Å². The third-order valence-corrected chi connectivity index (χ3v) is 2.77. The van der Waals surface area contributed by atoms with Gasteiger partial charge in [-0.15, -0.1) is 0 Å². The number of carbonyl (C=O) groups excluding carboxylic acids is 1. The van der Waals surface area contributed by atoms with E-state index in [9.17, 15) is 13.2 Å². The summed E-state index contributed by atoms with van der Waals surface area (Å²) in [5, 5.41) is 0. The highest BCUT2D eigenvalue weighted by atomic mass is 32.2. The summed E-state index contributed by atoms with van der Waals surface area (Å²) in [6, 6.07) is 1.97. The van der Waals surface area contributed by atoms with Crippen LogP contribution in [0.5, 0.6) is 5.75 Å². The van der Waals surface area contributed by atoms with E-state index in [1.54, 1.807) is 0 Å². The first-order valence-corrected chi connectivity index (χ1v) is 5.46. The van der Waals surface area contributed by atoms with Crippen molar-refractivity contribution >= 4 is 21.7 Å². The zero-order chi connectivity index (χ0) is 12.5. The number of ether oxygens (including phenoxy) is 1. The second kappa shape index (κ2) is 3.99. The second-order valence-corrected chi connectivity index (χ2v) is 4.32. The standard InChI is InChI=1S/C8H10N2O5S/c1-15-6-3-7(16(12,13)14)4(8(10)11)2-5(6)9/h2-3H,9H2,1H3,(H2,10,11)(H,12,13,14). The number of methoxy groups -OCH3 is 1. The van der Waals surface area contributed by atoms with E-state index in [2.05, 4.69) is 0 Å². The first kappa shape index (κ1) is 12.3. The molecule has 0 unspecified atom stereocenters. The van der Waals surface area contributed by atoms with Gasteiger partial charge in [-0.25, -0.2) is 0 Å². The third-order valence-electron chi connectivity index (χ3n) is 1.88. The molecule has 16 heavy (non-hydrogen) atoms. The van der Waals surface area contributed by atoms with Gasteiger partial charge in [0.2, 0.25) is 5.91 Å². The Kier molecular flexibility index (Phi) is 3.06. The van der Waals surface area contributed by atoms with Crippen LogP contribution >= 0.6 is 0 Å². The summed E-state index contributed by atoms with van der Waals surface area (Å²) in [5.74, 6) is -0.986. The smallest absolute Gasteiger partial charge is 0.295 e. The van der Waals surface area contributed by atoms with Crippen molar-refractivity contribution in [2.75, 3.05) is 12.8 Å². The average molecular weight is 246 g/mol. The van der Waals surface area contributed by atoms with E-state index in [1.807, 2.05) is 0 Å². The molecule has 1 aromatic rings. The number of nitrogen functional groups attached to an aromatic ring is 1. The Morgan fingerprint density at radius 1 is 1.44 bits per heavy atom. The highest BCUT2D eigenvalue weighted by Gasteiger charge is 2.21. The number of amides is 1. The Hall–Kier alpha value is -1.80. The summed E-state index contributed by atoms with van der Waals surface area (Å²) in [6.45, 7) is 0. The van der Waals surface area contributed by atoms with Gasteiger partial charge in [-0.3, -0.25) is 9.35 Å². The maximum atomic E-state index is 11.0. The molecule has 88 valence electrons. The maximum Gasteiger partial charge on any atom is 0.295 e. The number of primary amides is 1. The van der Waals surface area contributed by atoms with Crippen molar-refractivity contribution in [3.8, 4) is 5.75 Å². The topological polar surface area (TPSA) is 133 Å². The van der Waals surface area contributed by atoms with Gasteiger partial charge in [-0.2, -0.15) is 8.42 Å². The van der Waals surface area contributed by atoms with Gasteiger partial charge >= 0.3 is 0 Å². The van der Waals surface area contributed by atoms with Crippen LogP contribution in [-0.4, -0.2) is 26.0 Å². The van der Waals surface area contributed by atoms with Crippen molar-refractivity contribution in [2.45, 2.75) is 4.90 Å². The fourth-order valence-corrected chi connectivity index (χ4v) is 1.85. The van der Waals surface area contributed by atoms with Crippen molar-refractivity contribution in [3.63, 3.8) is 0 Å². The fraction of sp³-hybridized carbons (Fsp3) is 0.125. The number of rotatable bonds is 3. The van der Waals surface area contributed by atoms with E-state index < -0.39 is 20.9 Å². The molecule has 1 aromatic carbocycles. The monoisotopic (exact) mass is 246 g/mol. The molecule has 8 heteroatoms. The molecule has 0 spiro atoms. The minimum Gasteiger partial charge on any atom is -0.495 e. The summed E-state index contributed by atoms with van der Waals surface area (Å²) in [4.78, 5) is 10.3. The van der Waals surface area contributed by atoms with E-state index in [-0.39, 0.29) is 17.0 Å². The number of nitrogens with two attached hydrogens (primary N) is 2. The summed E-state index contributed by atoms with van der Waals surface area (Å²) in [5.41, 5.74) is 10.1. The van der Waals surface area contributed by atoms with E-state index in [4.69, 9.17) is 20.8 Å². The molecule has 0 aromatic heterocycles. The van der Waals surface area contributed by atoms with Crippen molar-refractivity contribution in [1.29, 1.82) is 0 Å². The molecule has 0 heterocycles. The molecular weight excluding hydrogens is 236 g/mol. The van der Waals surface area contributed by atoms with Gasteiger partial charge in [-0.1, -0.05) is 0 Å². The Morgan fingerprint density at radius 3 is 2.38 bits per heavy atom. The molecular formula is C8H10N2O5S. The average Bonchev–Trinajstić information content (AvgIpc) is 2.15. The lowest BCUT2D eigenvalue weighted by Crippen LogP contribution is -2.16. The Labute approximate surface area is 91.7 Å². The van der Waals surface area contributed by atoms with E-state index in [0.717, 1.165) is 12.1 Å². The molecule has 0 radical (unpaired) electrons.